The van der Waals surface area contributed by atoms with Gasteiger partial charge in [0.25, 0.3) is 5.91 Å². The maximum atomic E-state index is 12.3. The van der Waals surface area contributed by atoms with Crippen molar-refractivity contribution in [3.05, 3.63) is 54.4 Å². The predicted molar refractivity (Wildman–Crippen MR) is 77.5 cm³/mol. The van der Waals surface area contributed by atoms with Gasteiger partial charge in [-0.15, -0.1) is 0 Å². The van der Waals surface area contributed by atoms with E-state index in [1.807, 2.05) is 47.3 Å². The van der Waals surface area contributed by atoms with Crippen LogP contribution >= 0.6 is 0 Å². The Morgan fingerprint density at radius 3 is 2.70 bits per heavy atom. The summed E-state index contributed by atoms with van der Waals surface area (Å²) in [7, 11) is 1.72. The molecule has 1 amide bonds. The van der Waals surface area contributed by atoms with Gasteiger partial charge in [-0.05, 0) is 37.3 Å². The van der Waals surface area contributed by atoms with Gasteiger partial charge >= 0.3 is 0 Å². The van der Waals surface area contributed by atoms with Gasteiger partial charge < -0.3 is 9.47 Å². The van der Waals surface area contributed by atoms with Crippen LogP contribution in [0.4, 0.5) is 0 Å². The number of rotatable bonds is 4. The lowest BCUT2D eigenvalue weighted by atomic mass is 10.1. The van der Waals surface area contributed by atoms with E-state index < -0.39 is 0 Å². The smallest absolute Gasteiger partial charge is 0.253 e. The van der Waals surface area contributed by atoms with E-state index in [9.17, 15) is 4.79 Å². The van der Waals surface area contributed by atoms with Crippen molar-refractivity contribution in [1.82, 2.24) is 9.47 Å². The van der Waals surface area contributed by atoms with Crippen LogP contribution in [0.15, 0.2) is 48.8 Å². The van der Waals surface area contributed by atoms with Crippen molar-refractivity contribution in [2.75, 3.05) is 13.6 Å². The van der Waals surface area contributed by atoms with Crippen molar-refractivity contribution < 1.29 is 4.79 Å². The molecule has 1 atom stereocenters. The quantitative estimate of drug-likeness (QED) is 0.855. The molecular formula is C16H17N3O. The van der Waals surface area contributed by atoms with Crippen LogP contribution in [0.2, 0.25) is 0 Å². The van der Waals surface area contributed by atoms with E-state index in [2.05, 4.69) is 6.07 Å². The van der Waals surface area contributed by atoms with Crippen LogP contribution in [0.1, 0.15) is 17.3 Å². The van der Waals surface area contributed by atoms with Crippen LogP contribution in [-0.4, -0.2) is 29.0 Å². The third-order valence-corrected chi connectivity index (χ3v) is 3.11. The highest BCUT2D eigenvalue weighted by Gasteiger charge is 2.14. The molecule has 0 saturated carbocycles. The Balaban J connectivity index is 2.19. The maximum Gasteiger partial charge on any atom is 0.253 e. The molecule has 0 saturated heterocycles. The molecule has 0 aliphatic rings. The van der Waals surface area contributed by atoms with Gasteiger partial charge in [-0.3, -0.25) is 4.79 Å². The van der Waals surface area contributed by atoms with Gasteiger partial charge in [0.15, 0.2) is 0 Å². The second-order valence-electron chi connectivity index (χ2n) is 4.86. The molecule has 0 spiro atoms. The van der Waals surface area contributed by atoms with Gasteiger partial charge in [-0.2, -0.15) is 5.26 Å². The zero-order chi connectivity index (χ0) is 14.5. The summed E-state index contributed by atoms with van der Waals surface area (Å²) >= 11 is 0. The van der Waals surface area contributed by atoms with E-state index in [-0.39, 0.29) is 11.8 Å². The summed E-state index contributed by atoms with van der Waals surface area (Å²) in [6, 6.07) is 13.5. The second kappa shape index (κ2) is 6.07. The highest BCUT2D eigenvalue weighted by Crippen LogP contribution is 2.13. The first-order valence-electron chi connectivity index (χ1n) is 6.50. The number of hydrogen-bond donors (Lipinski definition) is 0. The van der Waals surface area contributed by atoms with Crippen molar-refractivity contribution in [2.45, 2.75) is 6.92 Å². The Hall–Kier alpha value is -2.54. The molecule has 0 N–H and O–H groups in total. The summed E-state index contributed by atoms with van der Waals surface area (Å²) in [6.45, 7) is 2.24. The minimum Gasteiger partial charge on any atom is -0.340 e. The van der Waals surface area contributed by atoms with E-state index in [0.29, 0.717) is 12.1 Å². The summed E-state index contributed by atoms with van der Waals surface area (Å²) in [5, 5.41) is 8.81. The van der Waals surface area contributed by atoms with Gasteiger partial charge in [-0.1, -0.05) is 6.07 Å². The number of benzene rings is 1. The average Bonchev–Trinajstić information content (AvgIpc) is 3.00. The lowest BCUT2D eigenvalue weighted by molar-refractivity contribution is 0.0785. The number of carbonyl (C=O) groups is 1. The Bertz CT molecular complexity index is 625. The molecule has 1 aromatic carbocycles. The van der Waals surface area contributed by atoms with Crippen LogP contribution in [0.5, 0.6) is 0 Å². The summed E-state index contributed by atoms with van der Waals surface area (Å²) in [4.78, 5) is 13.9. The molecular weight excluding hydrogens is 250 g/mol. The number of nitriles is 1. The van der Waals surface area contributed by atoms with Crippen LogP contribution in [0.3, 0.4) is 0 Å². The molecule has 0 unspecified atom stereocenters. The topological polar surface area (TPSA) is 49.0 Å². The minimum atomic E-state index is -0.170. The fourth-order valence-corrected chi connectivity index (χ4v) is 2.06. The number of carbonyl (C=O) groups excluding carboxylic acids is 1. The first-order valence-corrected chi connectivity index (χ1v) is 6.50. The Morgan fingerprint density at radius 2 is 2.05 bits per heavy atom. The Morgan fingerprint density at radius 1 is 1.35 bits per heavy atom. The van der Waals surface area contributed by atoms with Crippen molar-refractivity contribution in [3.8, 4) is 11.8 Å². The van der Waals surface area contributed by atoms with Crippen molar-refractivity contribution >= 4 is 5.91 Å². The summed E-state index contributed by atoms with van der Waals surface area (Å²) in [5.41, 5.74) is 1.58. The third kappa shape index (κ3) is 3.07. The monoisotopic (exact) mass is 267 g/mol. The van der Waals surface area contributed by atoms with Gasteiger partial charge in [0.05, 0.1) is 12.0 Å². The van der Waals surface area contributed by atoms with Crippen LogP contribution < -0.4 is 0 Å². The fourth-order valence-electron chi connectivity index (χ4n) is 2.06. The summed E-state index contributed by atoms with van der Waals surface area (Å²) in [6.07, 6.45) is 3.87. The maximum absolute atomic E-state index is 12.3. The lowest BCUT2D eigenvalue weighted by Gasteiger charge is -2.18. The zero-order valence-electron chi connectivity index (χ0n) is 11.7. The number of amides is 1. The Labute approximate surface area is 118 Å². The number of aromatic nitrogens is 1. The molecule has 2 rings (SSSR count). The minimum absolute atomic E-state index is 0.0684. The molecule has 0 fully saturated rings. The zero-order valence-corrected chi connectivity index (χ0v) is 11.7. The molecule has 1 heterocycles. The molecule has 1 aromatic heterocycles. The fraction of sp³-hybridized carbons (Fsp3) is 0.250. The first kappa shape index (κ1) is 13.9. The average molecular weight is 267 g/mol. The lowest BCUT2D eigenvalue weighted by Crippen LogP contribution is -2.30. The highest BCUT2D eigenvalue weighted by molar-refractivity contribution is 5.94. The predicted octanol–water partition coefficient (Wildman–Crippen LogP) is 2.71. The van der Waals surface area contributed by atoms with Gasteiger partial charge in [0.1, 0.15) is 0 Å². The molecule has 20 heavy (non-hydrogen) atoms. The molecule has 4 nitrogen and oxygen atoms in total. The van der Waals surface area contributed by atoms with Crippen LogP contribution in [0.25, 0.3) is 5.69 Å². The number of hydrogen-bond acceptors (Lipinski definition) is 2. The van der Waals surface area contributed by atoms with Crippen molar-refractivity contribution in [2.24, 2.45) is 5.92 Å². The van der Waals surface area contributed by atoms with E-state index in [1.165, 1.54) is 0 Å². The summed E-state index contributed by atoms with van der Waals surface area (Å²) in [5.74, 6) is -0.238. The molecule has 102 valence electrons. The second-order valence-corrected chi connectivity index (χ2v) is 4.86. The Kier molecular flexibility index (Phi) is 4.21. The molecule has 0 bridgehead atoms. The normalized spacial score (nSPS) is 11.7. The van der Waals surface area contributed by atoms with Gasteiger partial charge in [0, 0.05) is 37.2 Å². The molecule has 4 heteroatoms. The summed E-state index contributed by atoms with van der Waals surface area (Å²) < 4.78 is 1.95. The third-order valence-electron chi connectivity index (χ3n) is 3.11. The highest BCUT2D eigenvalue weighted by atomic mass is 16.2. The van der Waals surface area contributed by atoms with E-state index >= 15 is 0 Å². The molecule has 0 aliphatic carbocycles. The van der Waals surface area contributed by atoms with Crippen LogP contribution in [-0.2, 0) is 0 Å². The SMILES string of the molecule is C[C@H](C#N)CN(C)C(=O)c1cccc(-n2cccc2)c1. The van der Waals surface area contributed by atoms with Crippen molar-refractivity contribution in [1.29, 1.82) is 5.26 Å². The molecule has 0 aliphatic heterocycles. The van der Waals surface area contributed by atoms with Gasteiger partial charge in [-0.25, -0.2) is 0 Å². The van der Waals surface area contributed by atoms with E-state index in [1.54, 1.807) is 24.9 Å². The van der Waals surface area contributed by atoms with E-state index in [4.69, 9.17) is 5.26 Å². The van der Waals surface area contributed by atoms with Crippen LogP contribution in [0, 0.1) is 17.2 Å². The van der Waals surface area contributed by atoms with Gasteiger partial charge in [0.2, 0.25) is 0 Å². The number of nitrogens with zero attached hydrogens (tertiary/aromatic N) is 3. The first-order chi connectivity index (χ1) is 9.61. The van der Waals surface area contributed by atoms with Crippen molar-refractivity contribution in [3.63, 3.8) is 0 Å². The standard InChI is InChI=1S/C16H17N3O/c1-13(11-17)12-18(2)16(20)14-6-5-7-15(10-14)19-8-3-4-9-19/h3-10,13H,12H2,1-2H3/t13-/m1/s1. The van der Waals surface area contributed by atoms with E-state index in [0.717, 1.165) is 5.69 Å². The largest absolute Gasteiger partial charge is 0.340 e. The molecule has 0 radical (unpaired) electrons. The molecule has 2 aromatic rings.